The molecule has 4 rings (SSSR count). The van der Waals surface area contributed by atoms with Crippen molar-refractivity contribution in [1.29, 1.82) is 0 Å². The van der Waals surface area contributed by atoms with Crippen LogP contribution in [0.5, 0.6) is 0 Å². The van der Waals surface area contributed by atoms with Gasteiger partial charge in [0, 0.05) is 13.2 Å². The molecule has 10 nitrogen and oxygen atoms in total. The average Bonchev–Trinajstić information content (AvgIpc) is 3.28. The molecule has 144 valence electrons. The number of fused-ring (bicyclic) bond motifs is 1. The summed E-state index contributed by atoms with van der Waals surface area (Å²) in [6.07, 6.45) is 3.22. The van der Waals surface area contributed by atoms with Crippen LogP contribution in [-0.4, -0.2) is 72.3 Å². The highest BCUT2D eigenvalue weighted by Crippen LogP contribution is 2.21. The van der Waals surface area contributed by atoms with Crippen LogP contribution in [0.15, 0.2) is 30.7 Å². The van der Waals surface area contributed by atoms with Crippen LogP contribution in [0.1, 0.15) is 21.9 Å². The number of likely N-dealkylation sites (N-methyl/N-ethyl adjacent to an activating group) is 1. The largest absolute Gasteiger partial charge is 0.478 e. The minimum absolute atomic E-state index is 0.0109. The number of aromatic nitrogens is 4. The van der Waals surface area contributed by atoms with Crippen molar-refractivity contribution in [2.24, 2.45) is 0 Å². The number of carbonyl (C=O) groups excluding carboxylic acids is 2. The maximum absolute atomic E-state index is 12.3. The number of H-pyrrole nitrogens is 1. The second-order valence-corrected chi connectivity index (χ2v) is 6.70. The summed E-state index contributed by atoms with van der Waals surface area (Å²) >= 11 is 0. The van der Waals surface area contributed by atoms with Crippen LogP contribution >= 0.6 is 0 Å². The lowest BCUT2D eigenvalue weighted by atomic mass is 10.2. The molecule has 10 heteroatoms. The second kappa shape index (κ2) is 6.80. The van der Waals surface area contributed by atoms with Gasteiger partial charge in [-0.05, 0) is 18.2 Å². The quantitative estimate of drug-likeness (QED) is 0.654. The molecule has 0 bridgehead atoms. The molecule has 0 unspecified atom stereocenters. The molecule has 0 saturated carbocycles. The fraction of sp³-hybridized carbons (Fsp3) is 0.278. The summed E-state index contributed by atoms with van der Waals surface area (Å²) in [6.45, 7) is 0.556. The lowest BCUT2D eigenvalue weighted by Gasteiger charge is -2.31. The van der Waals surface area contributed by atoms with E-state index in [9.17, 15) is 19.5 Å². The predicted molar refractivity (Wildman–Crippen MR) is 97.4 cm³/mol. The van der Waals surface area contributed by atoms with Crippen LogP contribution < -0.4 is 0 Å². The number of hydrogen-bond donors (Lipinski definition) is 2. The number of aromatic amines is 1. The zero-order valence-corrected chi connectivity index (χ0v) is 15.1. The molecule has 2 amide bonds. The zero-order chi connectivity index (χ0) is 19.8. The van der Waals surface area contributed by atoms with Gasteiger partial charge in [-0.2, -0.15) is 0 Å². The van der Waals surface area contributed by atoms with Crippen LogP contribution in [0.25, 0.3) is 11.0 Å². The van der Waals surface area contributed by atoms with Gasteiger partial charge in [0.1, 0.15) is 12.4 Å². The minimum Gasteiger partial charge on any atom is -0.478 e. The molecule has 1 fully saturated rings. The first-order chi connectivity index (χ1) is 13.4. The highest BCUT2D eigenvalue weighted by Gasteiger charge is 2.29. The summed E-state index contributed by atoms with van der Waals surface area (Å²) in [4.78, 5) is 50.2. The lowest BCUT2D eigenvalue weighted by Crippen LogP contribution is -2.51. The Labute approximate surface area is 159 Å². The van der Waals surface area contributed by atoms with E-state index in [0.717, 1.165) is 5.69 Å². The molecule has 1 saturated heterocycles. The Morgan fingerprint density at radius 2 is 2.04 bits per heavy atom. The van der Waals surface area contributed by atoms with Gasteiger partial charge in [0.25, 0.3) is 0 Å². The first-order valence-electron chi connectivity index (χ1n) is 8.64. The molecule has 0 radical (unpaired) electrons. The molecule has 0 atom stereocenters. The van der Waals surface area contributed by atoms with E-state index < -0.39 is 5.97 Å². The molecule has 2 N–H and O–H groups in total. The summed E-state index contributed by atoms with van der Waals surface area (Å²) in [5.41, 5.74) is 2.21. The van der Waals surface area contributed by atoms with E-state index >= 15 is 0 Å². The first-order valence-corrected chi connectivity index (χ1v) is 8.64. The lowest BCUT2D eigenvalue weighted by molar-refractivity contribution is -0.149. The Bertz CT molecular complexity index is 1070. The molecular formula is C18H18N6O4. The number of imidazole rings is 2. The summed E-state index contributed by atoms with van der Waals surface area (Å²) in [6, 6.07) is 4.69. The standard InChI is InChI=1S/C18H18N6O4/c1-22-8-17(26)23(9-16(22)25)7-15-21-13-3-2-11(18(27)28)4-14(13)24(15)6-12-5-19-10-20-12/h2-5,10H,6-9H2,1H3,(H,19,20)(H,27,28). The highest BCUT2D eigenvalue weighted by molar-refractivity contribution is 5.93. The summed E-state index contributed by atoms with van der Waals surface area (Å²) < 4.78 is 1.84. The van der Waals surface area contributed by atoms with E-state index in [1.54, 1.807) is 31.7 Å². The third-order valence-electron chi connectivity index (χ3n) is 4.77. The number of nitrogens with zero attached hydrogens (tertiary/aromatic N) is 5. The number of nitrogens with one attached hydrogen (secondary N) is 1. The molecule has 0 aliphatic carbocycles. The van der Waals surface area contributed by atoms with E-state index in [4.69, 9.17) is 0 Å². The topological polar surface area (TPSA) is 124 Å². The van der Waals surface area contributed by atoms with Crippen LogP contribution in [0.3, 0.4) is 0 Å². The number of carbonyl (C=O) groups is 3. The van der Waals surface area contributed by atoms with Crippen molar-refractivity contribution in [3.8, 4) is 0 Å². The van der Waals surface area contributed by atoms with Gasteiger partial charge in [-0.1, -0.05) is 0 Å². The minimum atomic E-state index is -1.03. The van der Waals surface area contributed by atoms with E-state index in [0.29, 0.717) is 23.4 Å². The molecule has 28 heavy (non-hydrogen) atoms. The van der Waals surface area contributed by atoms with Crippen molar-refractivity contribution in [3.05, 3.63) is 47.8 Å². The van der Waals surface area contributed by atoms with Gasteiger partial charge < -0.3 is 24.5 Å². The van der Waals surface area contributed by atoms with Crippen molar-refractivity contribution < 1.29 is 19.5 Å². The Kier molecular flexibility index (Phi) is 4.30. The van der Waals surface area contributed by atoms with Crippen molar-refractivity contribution in [1.82, 2.24) is 29.3 Å². The molecule has 1 aliphatic rings. The number of piperazine rings is 1. The van der Waals surface area contributed by atoms with Crippen molar-refractivity contribution in [2.45, 2.75) is 13.1 Å². The number of benzene rings is 1. The number of aromatic carboxylic acids is 1. The van der Waals surface area contributed by atoms with E-state index in [-0.39, 0.29) is 37.0 Å². The Balaban J connectivity index is 1.75. The monoisotopic (exact) mass is 382 g/mol. The summed E-state index contributed by atoms with van der Waals surface area (Å²) in [7, 11) is 1.60. The van der Waals surface area contributed by atoms with Crippen molar-refractivity contribution >= 4 is 28.8 Å². The van der Waals surface area contributed by atoms with Crippen LogP contribution in [0, 0.1) is 0 Å². The van der Waals surface area contributed by atoms with Crippen LogP contribution in [0.4, 0.5) is 0 Å². The summed E-state index contributed by atoms with van der Waals surface area (Å²) in [5, 5.41) is 9.31. The maximum Gasteiger partial charge on any atom is 0.335 e. The third-order valence-corrected chi connectivity index (χ3v) is 4.77. The fourth-order valence-electron chi connectivity index (χ4n) is 3.22. The van der Waals surface area contributed by atoms with Gasteiger partial charge in [-0.15, -0.1) is 0 Å². The maximum atomic E-state index is 12.3. The zero-order valence-electron chi connectivity index (χ0n) is 15.1. The van der Waals surface area contributed by atoms with E-state index in [2.05, 4.69) is 15.0 Å². The van der Waals surface area contributed by atoms with Crippen molar-refractivity contribution in [2.75, 3.05) is 20.1 Å². The van der Waals surface area contributed by atoms with Crippen LogP contribution in [0.2, 0.25) is 0 Å². The molecular weight excluding hydrogens is 364 g/mol. The van der Waals surface area contributed by atoms with Gasteiger partial charge in [0.05, 0.1) is 48.3 Å². The molecule has 1 aromatic carbocycles. The van der Waals surface area contributed by atoms with E-state index in [1.807, 2.05) is 4.57 Å². The van der Waals surface area contributed by atoms with E-state index in [1.165, 1.54) is 15.9 Å². The van der Waals surface area contributed by atoms with Gasteiger partial charge in [0.2, 0.25) is 11.8 Å². The molecule has 3 heterocycles. The van der Waals surface area contributed by atoms with Gasteiger partial charge >= 0.3 is 5.97 Å². The molecule has 0 spiro atoms. The summed E-state index contributed by atoms with van der Waals surface area (Å²) in [5.74, 6) is -0.757. The Morgan fingerprint density at radius 1 is 1.21 bits per heavy atom. The number of carboxylic acid groups (broad SMARTS) is 1. The smallest absolute Gasteiger partial charge is 0.335 e. The van der Waals surface area contributed by atoms with Gasteiger partial charge in [0.15, 0.2) is 0 Å². The molecule has 3 aromatic rings. The van der Waals surface area contributed by atoms with Gasteiger partial charge in [-0.25, -0.2) is 14.8 Å². The number of rotatable bonds is 5. The second-order valence-electron chi connectivity index (χ2n) is 6.70. The number of amides is 2. The Hall–Kier alpha value is -3.69. The SMILES string of the molecule is CN1CC(=O)N(Cc2nc3ccc(C(=O)O)cc3n2Cc2cnc[nH]2)CC1=O. The Morgan fingerprint density at radius 3 is 2.75 bits per heavy atom. The highest BCUT2D eigenvalue weighted by atomic mass is 16.4. The predicted octanol–water partition coefficient (Wildman–Crippen LogP) is 0.306. The fourth-order valence-corrected chi connectivity index (χ4v) is 3.22. The van der Waals surface area contributed by atoms with Crippen molar-refractivity contribution in [3.63, 3.8) is 0 Å². The normalized spacial score (nSPS) is 14.9. The number of carboxylic acids is 1. The number of hydrogen-bond acceptors (Lipinski definition) is 5. The first kappa shape index (κ1) is 17.7. The van der Waals surface area contributed by atoms with Crippen LogP contribution in [-0.2, 0) is 22.7 Å². The third kappa shape index (κ3) is 3.20. The molecule has 1 aliphatic heterocycles. The molecule has 2 aromatic heterocycles. The van der Waals surface area contributed by atoms with Gasteiger partial charge in [-0.3, -0.25) is 9.59 Å². The average molecular weight is 382 g/mol.